The van der Waals surface area contributed by atoms with Crippen LogP contribution in [-0.2, 0) is 0 Å². The molecular weight excluding hydrogens is 216 g/mol. The van der Waals surface area contributed by atoms with Crippen LogP contribution in [0.1, 0.15) is 19.3 Å². The highest BCUT2D eigenvalue weighted by molar-refractivity contribution is 5.61. The second-order valence-corrected chi connectivity index (χ2v) is 4.35. The lowest BCUT2D eigenvalue weighted by molar-refractivity contribution is 0.181. The number of aromatic nitrogens is 2. The van der Waals surface area contributed by atoms with Crippen molar-refractivity contribution < 1.29 is 9.15 Å². The number of ether oxygens (including phenoxy) is 1. The van der Waals surface area contributed by atoms with Crippen molar-refractivity contribution in [3.05, 3.63) is 30.7 Å². The van der Waals surface area contributed by atoms with Gasteiger partial charge in [0.25, 0.3) is 5.89 Å². The Morgan fingerprint density at radius 1 is 1.29 bits per heavy atom. The third kappa shape index (κ3) is 2.16. The van der Waals surface area contributed by atoms with E-state index in [-0.39, 0.29) is 0 Å². The Bertz CT molecular complexity index is 478. The van der Waals surface area contributed by atoms with Crippen LogP contribution in [0.25, 0.3) is 11.5 Å². The smallest absolute Gasteiger partial charge is 0.251 e. The van der Waals surface area contributed by atoms with E-state index in [1.54, 1.807) is 0 Å². The Morgan fingerprint density at radius 3 is 2.88 bits per heavy atom. The molecule has 88 valence electrons. The number of hydrogen-bond donors (Lipinski definition) is 0. The lowest BCUT2D eigenvalue weighted by atomic mass is 9.86. The standard InChI is InChI=1S/C13H14N2O2/c1-2-7-12(16-8-10-4-3-5-10)11(6-1)13-15-14-9-17-13/h1-2,6-7,9-10H,3-5,8H2. The summed E-state index contributed by atoms with van der Waals surface area (Å²) < 4.78 is 11.0. The molecule has 1 saturated carbocycles. The molecule has 0 amide bonds. The summed E-state index contributed by atoms with van der Waals surface area (Å²) in [5.74, 6) is 2.05. The largest absolute Gasteiger partial charge is 0.492 e. The van der Waals surface area contributed by atoms with Gasteiger partial charge in [-0.15, -0.1) is 10.2 Å². The fourth-order valence-corrected chi connectivity index (χ4v) is 1.93. The zero-order valence-corrected chi connectivity index (χ0v) is 9.50. The highest BCUT2D eigenvalue weighted by Gasteiger charge is 2.19. The molecule has 1 aliphatic carbocycles. The van der Waals surface area contributed by atoms with Gasteiger partial charge in [-0.2, -0.15) is 0 Å². The Morgan fingerprint density at radius 2 is 2.18 bits per heavy atom. The molecule has 4 nitrogen and oxygen atoms in total. The first kappa shape index (κ1) is 10.3. The molecule has 0 saturated heterocycles. The van der Waals surface area contributed by atoms with Crippen LogP contribution in [0, 0.1) is 5.92 Å². The fourth-order valence-electron chi connectivity index (χ4n) is 1.93. The van der Waals surface area contributed by atoms with E-state index >= 15 is 0 Å². The van der Waals surface area contributed by atoms with Gasteiger partial charge >= 0.3 is 0 Å². The summed E-state index contributed by atoms with van der Waals surface area (Å²) >= 11 is 0. The average Bonchev–Trinajstić information content (AvgIpc) is 2.81. The summed E-state index contributed by atoms with van der Waals surface area (Å²) in [5.41, 5.74) is 0.865. The highest BCUT2D eigenvalue weighted by Crippen LogP contribution is 2.31. The molecule has 4 heteroatoms. The number of para-hydroxylation sites is 1. The SMILES string of the molecule is c1ccc(-c2nnco2)c(OCC2CCC2)c1. The van der Waals surface area contributed by atoms with Crippen molar-refractivity contribution in [2.24, 2.45) is 5.92 Å². The zero-order chi connectivity index (χ0) is 11.5. The van der Waals surface area contributed by atoms with E-state index in [0.29, 0.717) is 11.8 Å². The van der Waals surface area contributed by atoms with Crippen molar-refractivity contribution in [1.82, 2.24) is 10.2 Å². The van der Waals surface area contributed by atoms with Crippen molar-refractivity contribution in [1.29, 1.82) is 0 Å². The van der Waals surface area contributed by atoms with Crippen LogP contribution in [0.3, 0.4) is 0 Å². The van der Waals surface area contributed by atoms with Crippen molar-refractivity contribution >= 4 is 0 Å². The van der Waals surface area contributed by atoms with Gasteiger partial charge in [0.05, 0.1) is 12.2 Å². The number of benzene rings is 1. The molecule has 1 fully saturated rings. The fraction of sp³-hybridized carbons (Fsp3) is 0.385. The maximum Gasteiger partial charge on any atom is 0.251 e. The topological polar surface area (TPSA) is 48.2 Å². The van der Waals surface area contributed by atoms with Gasteiger partial charge < -0.3 is 9.15 Å². The van der Waals surface area contributed by atoms with Crippen LogP contribution in [0.4, 0.5) is 0 Å². The van der Waals surface area contributed by atoms with Crippen molar-refractivity contribution in [2.75, 3.05) is 6.61 Å². The molecular formula is C13H14N2O2. The van der Waals surface area contributed by atoms with E-state index < -0.39 is 0 Å². The molecule has 0 spiro atoms. The first-order chi connectivity index (χ1) is 8.43. The maximum absolute atomic E-state index is 5.84. The van der Waals surface area contributed by atoms with E-state index in [4.69, 9.17) is 9.15 Å². The molecule has 0 radical (unpaired) electrons. The molecule has 1 aromatic heterocycles. The molecule has 3 rings (SSSR count). The molecule has 0 aliphatic heterocycles. The van der Waals surface area contributed by atoms with E-state index in [1.165, 1.54) is 25.7 Å². The van der Waals surface area contributed by atoms with Crippen molar-refractivity contribution in [3.63, 3.8) is 0 Å². The minimum absolute atomic E-state index is 0.509. The minimum atomic E-state index is 0.509. The Hall–Kier alpha value is -1.84. The van der Waals surface area contributed by atoms with Crippen LogP contribution in [0.15, 0.2) is 35.1 Å². The second-order valence-electron chi connectivity index (χ2n) is 4.35. The van der Waals surface area contributed by atoms with Crippen LogP contribution in [0.5, 0.6) is 5.75 Å². The third-order valence-corrected chi connectivity index (χ3v) is 3.18. The molecule has 2 aromatic rings. The lowest BCUT2D eigenvalue weighted by Crippen LogP contribution is -2.19. The maximum atomic E-state index is 5.84. The predicted octanol–water partition coefficient (Wildman–Crippen LogP) is 2.92. The van der Waals surface area contributed by atoms with Gasteiger partial charge in [0.2, 0.25) is 6.39 Å². The van der Waals surface area contributed by atoms with E-state index in [0.717, 1.165) is 17.9 Å². The molecule has 0 atom stereocenters. The van der Waals surface area contributed by atoms with Gasteiger partial charge in [-0.25, -0.2) is 0 Å². The van der Waals surface area contributed by atoms with E-state index in [2.05, 4.69) is 10.2 Å². The van der Waals surface area contributed by atoms with Gasteiger partial charge in [0, 0.05) is 0 Å². The Kier molecular flexibility index (Phi) is 2.78. The van der Waals surface area contributed by atoms with Gasteiger partial charge in [0.15, 0.2) is 0 Å². The Labute approximate surface area is 99.6 Å². The van der Waals surface area contributed by atoms with Crippen LogP contribution < -0.4 is 4.74 Å². The van der Waals surface area contributed by atoms with Gasteiger partial charge in [0.1, 0.15) is 5.75 Å². The van der Waals surface area contributed by atoms with E-state index in [1.807, 2.05) is 24.3 Å². The second kappa shape index (κ2) is 4.57. The van der Waals surface area contributed by atoms with Crippen LogP contribution >= 0.6 is 0 Å². The van der Waals surface area contributed by atoms with Gasteiger partial charge in [-0.05, 0) is 30.9 Å². The summed E-state index contributed by atoms with van der Waals surface area (Å²) in [6.07, 6.45) is 5.23. The van der Waals surface area contributed by atoms with Gasteiger partial charge in [-0.3, -0.25) is 0 Å². The third-order valence-electron chi connectivity index (χ3n) is 3.18. The summed E-state index contributed by atoms with van der Waals surface area (Å²) in [4.78, 5) is 0. The minimum Gasteiger partial charge on any atom is -0.492 e. The molecule has 1 heterocycles. The van der Waals surface area contributed by atoms with Crippen molar-refractivity contribution in [2.45, 2.75) is 19.3 Å². The van der Waals surface area contributed by atoms with Crippen LogP contribution in [0.2, 0.25) is 0 Å². The van der Waals surface area contributed by atoms with Gasteiger partial charge in [-0.1, -0.05) is 18.6 Å². The molecule has 0 unspecified atom stereocenters. The zero-order valence-electron chi connectivity index (χ0n) is 9.50. The summed E-state index contributed by atoms with van der Waals surface area (Å²) in [7, 11) is 0. The normalized spacial score (nSPS) is 15.5. The predicted molar refractivity (Wildman–Crippen MR) is 62.6 cm³/mol. The summed E-state index contributed by atoms with van der Waals surface area (Å²) in [5, 5.41) is 7.60. The number of rotatable bonds is 4. The van der Waals surface area contributed by atoms with Crippen molar-refractivity contribution in [3.8, 4) is 17.2 Å². The average molecular weight is 230 g/mol. The monoisotopic (exact) mass is 230 g/mol. The summed E-state index contributed by atoms with van der Waals surface area (Å²) in [6.45, 7) is 0.783. The quantitative estimate of drug-likeness (QED) is 0.810. The van der Waals surface area contributed by atoms with Crippen LogP contribution in [-0.4, -0.2) is 16.8 Å². The molecule has 17 heavy (non-hydrogen) atoms. The Balaban J connectivity index is 1.78. The van der Waals surface area contributed by atoms with E-state index in [9.17, 15) is 0 Å². The number of hydrogen-bond acceptors (Lipinski definition) is 4. The molecule has 0 bridgehead atoms. The first-order valence-corrected chi connectivity index (χ1v) is 5.92. The molecule has 0 N–H and O–H groups in total. The first-order valence-electron chi connectivity index (χ1n) is 5.92. The highest BCUT2D eigenvalue weighted by atomic mass is 16.5. The lowest BCUT2D eigenvalue weighted by Gasteiger charge is -2.25. The summed E-state index contributed by atoms with van der Waals surface area (Å²) in [6, 6.07) is 7.77. The molecule has 1 aromatic carbocycles. The number of nitrogens with zero attached hydrogens (tertiary/aromatic N) is 2. The molecule has 1 aliphatic rings.